The number of likely N-dealkylation sites (N-methyl/N-ethyl adjacent to an activating group) is 1. The fraction of sp³-hybridized carbons (Fsp3) is 0.462. The molecule has 4 heteroatoms. The summed E-state index contributed by atoms with van der Waals surface area (Å²) >= 11 is 0. The van der Waals surface area contributed by atoms with Crippen LogP contribution in [0.2, 0.25) is 0 Å². The SMILES string of the molecule is CNC(=O)C1CCCN1c1cccc(N)c1C. The minimum Gasteiger partial charge on any atom is -0.398 e. The van der Waals surface area contributed by atoms with Crippen LogP contribution in [0.3, 0.4) is 0 Å². The highest BCUT2D eigenvalue weighted by Gasteiger charge is 2.30. The minimum atomic E-state index is -0.0551. The van der Waals surface area contributed by atoms with Crippen molar-refractivity contribution in [3.63, 3.8) is 0 Å². The van der Waals surface area contributed by atoms with E-state index < -0.39 is 0 Å². The molecule has 0 radical (unpaired) electrons. The lowest BCUT2D eigenvalue weighted by molar-refractivity contribution is -0.121. The molecule has 1 unspecified atom stereocenters. The topological polar surface area (TPSA) is 58.4 Å². The van der Waals surface area contributed by atoms with Gasteiger partial charge >= 0.3 is 0 Å². The predicted molar refractivity (Wildman–Crippen MR) is 70.0 cm³/mol. The second-order valence-electron chi connectivity index (χ2n) is 4.46. The first-order valence-electron chi connectivity index (χ1n) is 5.98. The molecule has 1 atom stereocenters. The zero-order valence-corrected chi connectivity index (χ0v) is 10.4. The van der Waals surface area contributed by atoms with Gasteiger partial charge < -0.3 is 16.0 Å². The van der Waals surface area contributed by atoms with E-state index in [1.165, 1.54) is 0 Å². The van der Waals surface area contributed by atoms with Crippen molar-refractivity contribution < 1.29 is 4.79 Å². The molecule has 0 aliphatic carbocycles. The maximum atomic E-state index is 11.8. The highest BCUT2D eigenvalue weighted by Crippen LogP contribution is 2.30. The molecule has 1 saturated heterocycles. The first kappa shape index (κ1) is 11.8. The first-order chi connectivity index (χ1) is 8.15. The van der Waals surface area contributed by atoms with Gasteiger partial charge in [0.2, 0.25) is 5.91 Å². The summed E-state index contributed by atoms with van der Waals surface area (Å²) in [4.78, 5) is 14.0. The normalized spacial score (nSPS) is 19.4. The van der Waals surface area contributed by atoms with E-state index in [1.807, 2.05) is 25.1 Å². The summed E-state index contributed by atoms with van der Waals surface area (Å²) in [5.74, 6) is 0.0873. The predicted octanol–water partition coefficient (Wildman–Crippen LogP) is 1.29. The molecule has 1 aromatic rings. The number of hydrogen-bond donors (Lipinski definition) is 2. The lowest BCUT2D eigenvalue weighted by Gasteiger charge is -2.27. The molecule has 0 bridgehead atoms. The number of carbonyl (C=O) groups excluding carboxylic acids is 1. The van der Waals surface area contributed by atoms with Crippen LogP contribution in [0.4, 0.5) is 11.4 Å². The zero-order valence-electron chi connectivity index (χ0n) is 10.4. The summed E-state index contributed by atoms with van der Waals surface area (Å²) in [5.41, 5.74) is 8.84. The van der Waals surface area contributed by atoms with Crippen molar-refractivity contribution >= 4 is 17.3 Å². The Labute approximate surface area is 102 Å². The molecule has 92 valence electrons. The monoisotopic (exact) mass is 233 g/mol. The van der Waals surface area contributed by atoms with E-state index in [9.17, 15) is 4.79 Å². The quantitative estimate of drug-likeness (QED) is 0.757. The number of benzene rings is 1. The summed E-state index contributed by atoms with van der Waals surface area (Å²) in [6.07, 6.45) is 1.96. The van der Waals surface area contributed by atoms with Gasteiger partial charge in [0.05, 0.1) is 0 Å². The third kappa shape index (κ3) is 2.07. The van der Waals surface area contributed by atoms with Gasteiger partial charge in [-0.05, 0) is 37.5 Å². The van der Waals surface area contributed by atoms with Crippen LogP contribution in [-0.4, -0.2) is 25.5 Å². The van der Waals surface area contributed by atoms with E-state index >= 15 is 0 Å². The number of anilines is 2. The number of amides is 1. The third-order valence-corrected chi connectivity index (χ3v) is 3.46. The van der Waals surface area contributed by atoms with Crippen molar-refractivity contribution in [1.82, 2.24) is 5.32 Å². The summed E-state index contributed by atoms with van der Waals surface area (Å²) in [7, 11) is 1.69. The lowest BCUT2D eigenvalue weighted by Crippen LogP contribution is -2.42. The van der Waals surface area contributed by atoms with E-state index in [1.54, 1.807) is 7.05 Å². The minimum absolute atomic E-state index is 0.0551. The van der Waals surface area contributed by atoms with Crippen molar-refractivity contribution in [2.75, 3.05) is 24.2 Å². The average molecular weight is 233 g/mol. The number of nitrogen functional groups attached to an aromatic ring is 1. The lowest BCUT2D eigenvalue weighted by atomic mass is 10.1. The van der Waals surface area contributed by atoms with Gasteiger partial charge in [-0.15, -0.1) is 0 Å². The molecule has 0 spiro atoms. The van der Waals surface area contributed by atoms with E-state index in [-0.39, 0.29) is 11.9 Å². The molecule has 3 N–H and O–H groups in total. The standard InChI is InChI=1S/C13H19N3O/c1-9-10(14)5-3-6-11(9)16-8-4-7-12(16)13(17)15-2/h3,5-6,12H,4,7-8,14H2,1-2H3,(H,15,17). The van der Waals surface area contributed by atoms with Gasteiger partial charge in [0.25, 0.3) is 0 Å². The molecule has 2 rings (SSSR count). The van der Waals surface area contributed by atoms with Gasteiger partial charge in [0, 0.05) is 25.0 Å². The van der Waals surface area contributed by atoms with Crippen LogP contribution in [0, 0.1) is 6.92 Å². The Hall–Kier alpha value is -1.71. The fourth-order valence-electron chi connectivity index (χ4n) is 2.45. The Morgan fingerprint density at radius 2 is 2.29 bits per heavy atom. The smallest absolute Gasteiger partial charge is 0.242 e. The van der Waals surface area contributed by atoms with Gasteiger partial charge in [-0.25, -0.2) is 0 Å². The Kier molecular flexibility index (Phi) is 3.22. The van der Waals surface area contributed by atoms with E-state index in [2.05, 4.69) is 10.2 Å². The molecule has 1 heterocycles. The summed E-state index contributed by atoms with van der Waals surface area (Å²) in [6, 6.07) is 5.81. The van der Waals surface area contributed by atoms with Crippen LogP contribution < -0.4 is 16.0 Å². The molecule has 17 heavy (non-hydrogen) atoms. The molecule has 0 aromatic heterocycles. The first-order valence-corrected chi connectivity index (χ1v) is 5.98. The number of nitrogens with two attached hydrogens (primary N) is 1. The van der Waals surface area contributed by atoms with E-state index in [0.29, 0.717) is 0 Å². The molecule has 4 nitrogen and oxygen atoms in total. The molecule has 1 aromatic carbocycles. The zero-order chi connectivity index (χ0) is 12.4. The maximum Gasteiger partial charge on any atom is 0.242 e. The van der Waals surface area contributed by atoms with Crippen LogP contribution in [0.15, 0.2) is 18.2 Å². The van der Waals surface area contributed by atoms with E-state index in [4.69, 9.17) is 5.73 Å². The second-order valence-corrected chi connectivity index (χ2v) is 4.46. The summed E-state index contributed by atoms with van der Waals surface area (Å²) in [6.45, 7) is 2.92. The third-order valence-electron chi connectivity index (χ3n) is 3.46. The Morgan fingerprint density at radius 3 is 3.00 bits per heavy atom. The Balaban J connectivity index is 2.32. The van der Waals surface area contributed by atoms with Crippen LogP contribution in [-0.2, 0) is 4.79 Å². The Morgan fingerprint density at radius 1 is 1.53 bits per heavy atom. The van der Waals surface area contributed by atoms with Crippen LogP contribution in [0.1, 0.15) is 18.4 Å². The van der Waals surface area contributed by atoms with Crippen LogP contribution in [0.5, 0.6) is 0 Å². The van der Waals surface area contributed by atoms with Crippen molar-refractivity contribution in [3.8, 4) is 0 Å². The number of nitrogens with one attached hydrogen (secondary N) is 1. The van der Waals surface area contributed by atoms with Crippen molar-refractivity contribution in [2.24, 2.45) is 0 Å². The highest BCUT2D eigenvalue weighted by atomic mass is 16.2. The van der Waals surface area contributed by atoms with Gasteiger partial charge in [-0.1, -0.05) is 6.07 Å². The molecular formula is C13H19N3O. The fourth-order valence-corrected chi connectivity index (χ4v) is 2.45. The van der Waals surface area contributed by atoms with Gasteiger partial charge in [-0.2, -0.15) is 0 Å². The van der Waals surface area contributed by atoms with Crippen LogP contribution >= 0.6 is 0 Å². The van der Waals surface area contributed by atoms with Crippen molar-refractivity contribution in [2.45, 2.75) is 25.8 Å². The molecule has 1 aliphatic rings. The number of nitrogens with zero attached hydrogens (tertiary/aromatic N) is 1. The van der Waals surface area contributed by atoms with Crippen molar-refractivity contribution in [3.05, 3.63) is 23.8 Å². The molecule has 1 aliphatic heterocycles. The highest BCUT2D eigenvalue weighted by molar-refractivity contribution is 5.86. The second kappa shape index (κ2) is 4.65. The largest absolute Gasteiger partial charge is 0.398 e. The average Bonchev–Trinajstić information content (AvgIpc) is 2.80. The molecule has 1 amide bonds. The Bertz CT molecular complexity index is 431. The molecule has 1 fully saturated rings. The summed E-state index contributed by atoms with van der Waals surface area (Å²) < 4.78 is 0. The van der Waals surface area contributed by atoms with Crippen molar-refractivity contribution in [1.29, 1.82) is 0 Å². The van der Waals surface area contributed by atoms with Gasteiger partial charge in [0.15, 0.2) is 0 Å². The number of hydrogen-bond acceptors (Lipinski definition) is 3. The van der Waals surface area contributed by atoms with Gasteiger partial charge in [-0.3, -0.25) is 4.79 Å². The van der Waals surface area contributed by atoms with Crippen LogP contribution in [0.25, 0.3) is 0 Å². The van der Waals surface area contributed by atoms with E-state index in [0.717, 1.165) is 36.3 Å². The molecule has 0 saturated carbocycles. The molecular weight excluding hydrogens is 214 g/mol. The number of rotatable bonds is 2. The van der Waals surface area contributed by atoms with Gasteiger partial charge in [0.1, 0.15) is 6.04 Å². The maximum absolute atomic E-state index is 11.8. The number of carbonyl (C=O) groups is 1. The summed E-state index contributed by atoms with van der Waals surface area (Å²) in [5, 5.41) is 2.73.